The van der Waals surface area contributed by atoms with Gasteiger partial charge in [-0.2, -0.15) is 5.10 Å². The Bertz CT molecular complexity index is 576. The standard InChI is InChI=1S/C14H17Cl2N3/c1-9(2)14-10(7-17-3)8-18-19(14)11-4-5-12(15)13(16)6-11/h4-6,8-9,17H,7H2,1-3H3. The normalized spacial score (nSPS) is 11.3. The van der Waals surface area contributed by atoms with E-state index in [1.807, 2.05) is 30.1 Å². The molecule has 0 aliphatic carbocycles. The second-order valence-corrected chi connectivity index (χ2v) is 5.56. The summed E-state index contributed by atoms with van der Waals surface area (Å²) in [7, 11) is 1.93. The molecule has 0 aliphatic rings. The Morgan fingerprint density at radius 2 is 2.00 bits per heavy atom. The monoisotopic (exact) mass is 297 g/mol. The zero-order valence-corrected chi connectivity index (χ0v) is 12.8. The number of hydrogen-bond acceptors (Lipinski definition) is 2. The van der Waals surface area contributed by atoms with E-state index in [4.69, 9.17) is 23.2 Å². The smallest absolute Gasteiger partial charge is 0.0664 e. The van der Waals surface area contributed by atoms with Gasteiger partial charge in [-0.05, 0) is 31.2 Å². The zero-order valence-electron chi connectivity index (χ0n) is 11.2. The third-order valence-electron chi connectivity index (χ3n) is 2.95. The lowest BCUT2D eigenvalue weighted by atomic mass is 10.1. The Balaban J connectivity index is 2.52. The van der Waals surface area contributed by atoms with Gasteiger partial charge >= 0.3 is 0 Å². The van der Waals surface area contributed by atoms with Crippen LogP contribution in [0.4, 0.5) is 0 Å². The molecule has 0 spiro atoms. The highest BCUT2D eigenvalue weighted by atomic mass is 35.5. The molecule has 0 unspecified atom stereocenters. The van der Waals surface area contributed by atoms with E-state index < -0.39 is 0 Å². The maximum atomic E-state index is 6.08. The van der Waals surface area contributed by atoms with Gasteiger partial charge in [0, 0.05) is 12.1 Å². The highest BCUT2D eigenvalue weighted by Crippen LogP contribution is 2.27. The Morgan fingerprint density at radius 3 is 2.58 bits per heavy atom. The lowest BCUT2D eigenvalue weighted by molar-refractivity contribution is 0.713. The fourth-order valence-electron chi connectivity index (χ4n) is 2.16. The van der Waals surface area contributed by atoms with E-state index >= 15 is 0 Å². The number of nitrogens with one attached hydrogen (secondary N) is 1. The molecule has 0 radical (unpaired) electrons. The molecule has 2 rings (SSSR count). The van der Waals surface area contributed by atoms with Crippen LogP contribution in [0.3, 0.4) is 0 Å². The van der Waals surface area contributed by atoms with Gasteiger partial charge in [0.1, 0.15) is 0 Å². The molecule has 102 valence electrons. The molecule has 5 heteroatoms. The van der Waals surface area contributed by atoms with Crippen LogP contribution in [0.15, 0.2) is 24.4 Å². The Hall–Kier alpha value is -1.03. The van der Waals surface area contributed by atoms with E-state index in [0.717, 1.165) is 12.2 Å². The van der Waals surface area contributed by atoms with Crippen molar-refractivity contribution in [1.29, 1.82) is 0 Å². The number of rotatable bonds is 4. The van der Waals surface area contributed by atoms with Crippen LogP contribution in [0, 0.1) is 0 Å². The maximum absolute atomic E-state index is 6.08. The summed E-state index contributed by atoms with van der Waals surface area (Å²) in [5.74, 6) is 0.375. The Labute approximate surface area is 123 Å². The summed E-state index contributed by atoms with van der Waals surface area (Å²) in [6.45, 7) is 5.11. The Kier molecular flexibility index (Phi) is 4.50. The fourth-order valence-corrected chi connectivity index (χ4v) is 2.45. The van der Waals surface area contributed by atoms with E-state index in [0.29, 0.717) is 16.0 Å². The van der Waals surface area contributed by atoms with Gasteiger partial charge in [-0.25, -0.2) is 4.68 Å². The van der Waals surface area contributed by atoms with Gasteiger partial charge in [-0.3, -0.25) is 0 Å². The molecule has 1 aromatic carbocycles. The highest BCUT2D eigenvalue weighted by Gasteiger charge is 2.15. The van der Waals surface area contributed by atoms with Crippen molar-refractivity contribution in [3.63, 3.8) is 0 Å². The van der Waals surface area contributed by atoms with E-state index in [9.17, 15) is 0 Å². The summed E-state index contributed by atoms with van der Waals surface area (Å²) in [6, 6.07) is 5.56. The molecule has 0 saturated carbocycles. The fraction of sp³-hybridized carbons (Fsp3) is 0.357. The third kappa shape index (κ3) is 2.94. The number of nitrogens with zero attached hydrogens (tertiary/aromatic N) is 2. The van der Waals surface area contributed by atoms with Crippen LogP contribution >= 0.6 is 23.2 Å². The molecule has 0 bridgehead atoms. The van der Waals surface area contributed by atoms with Gasteiger partial charge in [0.05, 0.1) is 27.6 Å². The van der Waals surface area contributed by atoms with Gasteiger partial charge in [-0.15, -0.1) is 0 Å². The van der Waals surface area contributed by atoms with Crippen LogP contribution in [0.1, 0.15) is 31.0 Å². The molecule has 3 nitrogen and oxygen atoms in total. The molecular weight excluding hydrogens is 281 g/mol. The molecule has 0 amide bonds. The van der Waals surface area contributed by atoms with Gasteiger partial charge in [0.25, 0.3) is 0 Å². The van der Waals surface area contributed by atoms with Crippen molar-refractivity contribution in [3.05, 3.63) is 45.7 Å². The predicted molar refractivity (Wildman–Crippen MR) is 80.4 cm³/mol. The van der Waals surface area contributed by atoms with Crippen molar-refractivity contribution in [3.8, 4) is 5.69 Å². The van der Waals surface area contributed by atoms with Crippen LogP contribution in [0.25, 0.3) is 5.69 Å². The van der Waals surface area contributed by atoms with Gasteiger partial charge in [0.2, 0.25) is 0 Å². The minimum atomic E-state index is 0.375. The average molecular weight is 298 g/mol. The lowest BCUT2D eigenvalue weighted by Gasteiger charge is -2.13. The van der Waals surface area contributed by atoms with E-state index in [-0.39, 0.29) is 0 Å². The molecule has 1 heterocycles. The number of benzene rings is 1. The maximum Gasteiger partial charge on any atom is 0.0664 e. The summed E-state index contributed by atoms with van der Waals surface area (Å²) >= 11 is 12.0. The SMILES string of the molecule is CNCc1cnn(-c2ccc(Cl)c(Cl)c2)c1C(C)C. The van der Waals surface area contributed by atoms with Crippen molar-refractivity contribution in [2.24, 2.45) is 0 Å². The lowest BCUT2D eigenvalue weighted by Crippen LogP contribution is -2.10. The first-order chi connectivity index (χ1) is 9.04. The summed E-state index contributed by atoms with van der Waals surface area (Å²) in [5.41, 5.74) is 3.32. The van der Waals surface area contributed by atoms with Crippen molar-refractivity contribution >= 4 is 23.2 Å². The molecule has 19 heavy (non-hydrogen) atoms. The summed E-state index contributed by atoms with van der Waals surface area (Å²) in [6.07, 6.45) is 1.90. The second kappa shape index (κ2) is 5.95. The quantitative estimate of drug-likeness (QED) is 0.924. The van der Waals surface area contributed by atoms with E-state index in [1.54, 1.807) is 6.07 Å². The first kappa shape index (κ1) is 14.4. The van der Waals surface area contributed by atoms with Crippen LogP contribution in [-0.2, 0) is 6.54 Å². The largest absolute Gasteiger partial charge is 0.316 e. The molecule has 2 aromatic rings. The van der Waals surface area contributed by atoms with Crippen LogP contribution in [0.5, 0.6) is 0 Å². The molecule has 1 N–H and O–H groups in total. The predicted octanol–water partition coefficient (Wildman–Crippen LogP) is 4.02. The molecule has 0 saturated heterocycles. The molecule has 0 aliphatic heterocycles. The first-order valence-electron chi connectivity index (χ1n) is 6.21. The summed E-state index contributed by atoms with van der Waals surface area (Å²) in [4.78, 5) is 0. The van der Waals surface area contributed by atoms with Crippen LogP contribution in [0.2, 0.25) is 10.0 Å². The van der Waals surface area contributed by atoms with E-state index in [2.05, 4.69) is 24.3 Å². The summed E-state index contributed by atoms with van der Waals surface area (Å²) in [5, 5.41) is 8.73. The Morgan fingerprint density at radius 1 is 1.26 bits per heavy atom. The van der Waals surface area contributed by atoms with Gasteiger partial charge < -0.3 is 5.32 Å². The van der Waals surface area contributed by atoms with Crippen LogP contribution in [-0.4, -0.2) is 16.8 Å². The van der Waals surface area contributed by atoms with Crippen LogP contribution < -0.4 is 5.32 Å². The minimum absolute atomic E-state index is 0.375. The topological polar surface area (TPSA) is 29.9 Å². The van der Waals surface area contributed by atoms with E-state index in [1.165, 1.54) is 11.3 Å². The average Bonchev–Trinajstić information content (AvgIpc) is 2.77. The number of hydrogen-bond donors (Lipinski definition) is 1. The number of halogens is 2. The van der Waals surface area contributed by atoms with Gasteiger partial charge in [0.15, 0.2) is 0 Å². The molecule has 0 atom stereocenters. The number of aromatic nitrogens is 2. The van der Waals surface area contributed by atoms with Crippen molar-refractivity contribution in [2.45, 2.75) is 26.3 Å². The molecule has 0 fully saturated rings. The second-order valence-electron chi connectivity index (χ2n) is 4.75. The molecular formula is C14H17Cl2N3. The van der Waals surface area contributed by atoms with Crippen molar-refractivity contribution in [2.75, 3.05) is 7.05 Å². The first-order valence-corrected chi connectivity index (χ1v) is 6.97. The molecule has 1 aromatic heterocycles. The third-order valence-corrected chi connectivity index (χ3v) is 3.69. The van der Waals surface area contributed by atoms with Gasteiger partial charge in [-0.1, -0.05) is 37.0 Å². The van der Waals surface area contributed by atoms with Crippen molar-refractivity contribution in [1.82, 2.24) is 15.1 Å². The summed E-state index contributed by atoms with van der Waals surface area (Å²) < 4.78 is 1.93. The highest BCUT2D eigenvalue weighted by molar-refractivity contribution is 6.42. The van der Waals surface area contributed by atoms with Crippen molar-refractivity contribution < 1.29 is 0 Å². The minimum Gasteiger partial charge on any atom is -0.316 e. The zero-order chi connectivity index (χ0) is 14.0.